The highest BCUT2D eigenvalue weighted by atomic mass is 16.5. The summed E-state index contributed by atoms with van der Waals surface area (Å²) < 4.78 is 5.13. The van der Waals surface area contributed by atoms with Gasteiger partial charge in [-0.1, -0.05) is 12.1 Å². The van der Waals surface area contributed by atoms with E-state index >= 15 is 0 Å². The summed E-state index contributed by atoms with van der Waals surface area (Å²) in [5.74, 6) is 0.597. The zero-order chi connectivity index (χ0) is 23.7. The Morgan fingerprint density at radius 2 is 2.09 bits per heavy atom. The number of fused-ring (bicyclic) bond motifs is 2. The molecule has 2 fully saturated rings. The van der Waals surface area contributed by atoms with E-state index in [1.807, 2.05) is 12.1 Å². The number of carbonyl (C=O) groups excluding carboxylic acids is 1. The molecule has 5 rings (SSSR count). The third-order valence-corrected chi connectivity index (χ3v) is 7.34. The van der Waals surface area contributed by atoms with E-state index in [2.05, 4.69) is 26.6 Å². The largest absolute Gasteiger partial charge is 0.481 e. The van der Waals surface area contributed by atoms with Gasteiger partial charge in [0, 0.05) is 61.8 Å². The molecule has 2 atom stereocenters. The van der Waals surface area contributed by atoms with Crippen molar-refractivity contribution in [2.24, 2.45) is 0 Å². The number of nitrogens with one attached hydrogen (secondary N) is 2. The van der Waals surface area contributed by atoms with Crippen molar-refractivity contribution in [1.29, 1.82) is 0 Å². The van der Waals surface area contributed by atoms with Crippen LogP contribution in [0.25, 0.3) is 0 Å². The number of carbonyl (C=O) groups is 2. The summed E-state index contributed by atoms with van der Waals surface area (Å²) in [4.78, 5) is 35.7. The highest BCUT2D eigenvalue weighted by molar-refractivity contribution is 5.81. The van der Waals surface area contributed by atoms with Crippen LogP contribution in [0.4, 0.5) is 5.82 Å². The molecule has 0 amide bonds. The van der Waals surface area contributed by atoms with Crippen molar-refractivity contribution in [3.8, 4) is 5.88 Å². The fourth-order valence-corrected chi connectivity index (χ4v) is 5.37. The molecule has 34 heavy (non-hydrogen) atoms. The van der Waals surface area contributed by atoms with Gasteiger partial charge >= 0.3 is 5.97 Å². The third-order valence-electron chi connectivity index (χ3n) is 7.34. The maximum atomic E-state index is 13.0. The van der Waals surface area contributed by atoms with Crippen LogP contribution in [-0.2, 0) is 21.4 Å². The maximum Gasteiger partial charge on any atom is 0.305 e. The standard InChI is InChI=1S/C25H31N5O4/c1-34-22-5-2-16(15-28-22)20(14-23(32)33)30-11-10-26-21(30)13-18(31)12-17-3-4-19-24(29-17)27-9-8-25(19)6-7-25/h2-5,15,20-21,26H,6-14H2,1H3,(H,27,29)(H,32,33). The molecule has 2 aromatic heterocycles. The monoisotopic (exact) mass is 465 g/mol. The molecule has 2 aliphatic heterocycles. The first kappa shape index (κ1) is 22.7. The van der Waals surface area contributed by atoms with Crippen molar-refractivity contribution in [2.75, 3.05) is 32.1 Å². The minimum atomic E-state index is -0.892. The number of nitrogens with zero attached hydrogens (tertiary/aromatic N) is 3. The number of methoxy groups -OCH3 is 1. The van der Waals surface area contributed by atoms with Crippen LogP contribution in [0.2, 0.25) is 0 Å². The van der Waals surface area contributed by atoms with Gasteiger partial charge in [-0.2, -0.15) is 0 Å². The molecule has 9 heteroatoms. The molecule has 9 nitrogen and oxygen atoms in total. The van der Waals surface area contributed by atoms with Crippen molar-refractivity contribution in [1.82, 2.24) is 20.2 Å². The number of carboxylic acid groups (broad SMARTS) is 1. The van der Waals surface area contributed by atoms with Crippen LogP contribution in [0, 0.1) is 0 Å². The Kier molecular flexibility index (Phi) is 6.22. The summed E-state index contributed by atoms with van der Waals surface area (Å²) >= 11 is 0. The SMILES string of the molecule is COc1ccc(C(CC(=O)O)N2CCNC2CC(=O)Cc2ccc3c(n2)NCCC32CC2)cn1. The highest BCUT2D eigenvalue weighted by Crippen LogP contribution is 2.54. The van der Waals surface area contributed by atoms with Crippen LogP contribution in [0.15, 0.2) is 30.5 Å². The molecule has 3 N–H and O–H groups in total. The van der Waals surface area contributed by atoms with Crippen molar-refractivity contribution < 1.29 is 19.4 Å². The number of anilines is 1. The molecule has 0 bridgehead atoms. The van der Waals surface area contributed by atoms with Gasteiger partial charge in [0.2, 0.25) is 5.88 Å². The predicted octanol–water partition coefficient (Wildman–Crippen LogP) is 2.28. The molecule has 2 unspecified atom stereocenters. The number of hydrogen-bond acceptors (Lipinski definition) is 8. The molecular formula is C25H31N5O4. The lowest BCUT2D eigenvalue weighted by atomic mass is 9.89. The van der Waals surface area contributed by atoms with Gasteiger partial charge in [0.1, 0.15) is 11.6 Å². The first-order valence-electron chi connectivity index (χ1n) is 11.9. The zero-order valence-electron chi connectivity index (χ0n) is 19.4. The van der Waals surface area contributed by atoms with Crippen LogP contribution in [0.5, 0.6) is 5.88 Å². The number of pyridine rings is 2. The van der Waals surface area contributed by atoms with Gasteiger partial charge in [0.05, 0.1) is 25.4 Å². The molecule has 1 saturated carbocycles. The first-order valence-corrected chi connectivity index (χ1v) is 11.9. The summed E-state index contributed by atoms with van der Waals surface area (Å²) in [6.45, 7) is 2.29. The Hall–Kier alpha value is -3.04. The molecule has 180 valence electrons. The van der Waals surface area contributed by atoms with E-state index in [0.717, 1.165) is 30.0 Å². The third kappa shape index (κ3) is 4.63. The lowest BCUT2D eigenvalue weighted by Gasteiger charge is -2.31. The molecule has 0 aromatic carbocycles. The number of carboxylic acids is 1. The fourth-order valence-electron chi connectivity index (χ4n) is 5.37. The van der Waals surface area contributed by atoms with Crippen molar-refractivity contribution in [3.63, 3.8) is 0 Å². The van der Waals surface area contributed by atoms with Gasteiger partial charge in [-0.3, -0.25) is 14.5 Å². The number of aromatic nitrogens is 2. The predicted molar refractivity (Wildman–Crippen MR) is 126 cm³/mol. The number of hydrogen-bond donors (Lipinski definition) is 3. The summed E-state index contributed by atoms with van der Waals surface area (Å²) in [5.41, 5.74) is 3.18. The Morgan fingerprint density at radius 3 is 2.79 bits per heavy atom. The smallest absolute Gasteiger partial charge is 0.305 e. The van der Waals surface area contributed by atoms with E-state index in [-0.39, 0.29) is 37.3 Å². The Labute approximate surface area is 198 Å². The van der Waals surface area contributed by atoms with Crippen LogP contribution < -0.4 is 15.4 Å². The van der Waals surface area contributed by atoms with Crippen molar-refractivity contribution in [3.05, 3.63) is 47.3 Å². The van der Waals surface area contributed by atoms with Crippen LogP contribution in [0.1, 0.15) is 55.0 Å². The summed E-state index contributed by atoms with van der Waals surface area (Å²) in [6.07, 6.45) is 5.52. The quantitative estimate of drug-likeness (QED) is 0.513. The summed E-state index contributed by atoms with van der Waals surface area (Å²) in [5, 5.41) is 16.3. The Bertz CT molecular complexity index is 1070. The molecule has 1 aliphatic carbocycles. The lowest BCUT2D eigenvalue weighted by Crippen LogP contribution is -2.41. The molecule has 1 spiro atoms. The van der Waals surface area contributed by atoms with E-state index in [0.29, 0.717) is 24.4 Å². The first-order chi connectivity index (χ1) is 16.5. The summed E-state index contributed by atoms with van der Waals surface area (Å²) in [6, 6.07) is 7.32. The van der Waals surface area contributed by atoms with Crippen molar-refractivity contribution >= 4 is 17.6 Å². The second-order valence-corrected chi connectivity index (χ2v) is 9.53. The second kappa shape index (κ2) is 9.31. The van der Waals surface area contributed by atoms with E-state index in [1.165, 1.54) is 18.4 Å². The summed E-state index contributed by atoms with van der Waals surface area (Å²) in [7, 11) is 1.54. The van der Waals surface area contributed by atoms with E-state index < -0.39 is 5.97 Å². The van der Waals surface area contributed by atoms with E-state index in [1.54, 1.807) is 19.4 Å². The van der Waals surface area contributed by atoms with Gasteiger partial charge < -0.3 is 20.5 Å². The molecule has 0 radical (unpaired) electrons. The van der Waals surface area contributed by atoms with Gasteiger partial charge in [-0.05, 0) is 30.9 Å². The minimum Gasteiger partial charge on any atom is -0.481 e. The van der Waals surface area contributed by atoms with Crippen molar-refractivity contribution in [2.45, 2.75) is 56.1 Å². The minimum absolute atomic E-state index is 0.0693. The normalized spacial score (nSPS) is 21.5. The maximum absolute atomic E-state index is 13.0. The van der Waals surface area contributed by atoms with Gasteiger partial charge in [-0.15, -0.1) is 0 Å². The van der Waals surface area contributed by atoms with Gasteiger partial charge in [-0.25, -0.2) is 9.97 Å². The number of ketones is 1. The second-order valence-electron chi connectivity index (χ2n) is 9.53. The molecule has 4 heterocycles. The van der Waals surface area contributed by atoms with E-state index in [9.17, 15) is 14.7 Å². The molecule has 2 aromatic rings. The highest BCUT2D eigenvalue weighted by Gasteiger charge is 2.47. The average Bonchev–Trinajstić information content (AvgIpc) is 3.45. The van der Waals surface area contributed by atoms with Gasteiger partial charge in [0.25, 0.3) is 0 Å². The fraction of sp³-hybridized carbons (Fsp3) is 0.520. The van der Waals surface area contributed by atoms with Crippen LogP contribution in [-0.4, -0.2) is 64.6 Å². The number of Topliss-reactive ketones (excluding diaryl/α,β-unsaturated/α-hetero) is 1. The molecule has 1 saturated heterocycles. The van der Waals surface area contributed by atoms with Crippen LogP contribution >= 0.6 is 0 Å². The number of aliphatic carboxylic acids is 1. The zero-order valence-corrected chi connectivity index (χ0v) is 19.4. The molecular weight excluding hydrogens is 434 g/mol. The average molecular weight is 466 g/mol. The number of rotatable bonds is 9. The van der Waals surface area contributed by atoms with Crippen LogP contribution in [0.3, 0.4) is 0 Å². The van der Waals surface area contributed by atoms with E-state index in [4.69, 9.17) is 9.72 Å². The Morgan fingerprint density at radius 1 is 1.24 bits per heavy atom. The topological polar surface area (TPSA) is 117 Å². The Balaban J connectivity index is 1.27. The molecule has 3 aliphatic rings. The lowest BCUT2D eigenvalue weighted by molar-refractivity contribution is -0.138. The number of ether oxygens (including phenoxy) is 1. The van der Waals surface area contributed by atoms with Gasteiger partial charge in [0.15, 0.2) is 0 Å².